The number of carbonyl (C=O) groups is 1. The third-order valence-electron chi connectivity index (χ3n) is 5.16. The standard InChI is InChI=1S/C18H23ClF3N3O/c19-15-5-1-3-13(9-15)16-10-23-6-8-24(16)12-17(26)25-7-2-4-14(11-25)18(20,21)22/h1,3,5,9,14,16,23H,2,4,6-8,10-12H2. The lowest BCUT2D eigenvalue weighted by atomic mass is 9.97. The first kappa shape index (κ1) is 19.5. The molecular formula is C18H23ClF3N3O. The minimum atomic E-state index is -4.24. The molecule has 2 heterocycles. The number of rotatable bonds is 3. The van der Waals surface area contributed by atoms with Crippen molar-refractivity contribution in [1.82, 2.24) is 15.1 Å². The van der Waals surface area contributed by atoms with E-state index in [0.717, 1.165) is 12.1 Å². The van der Waals surface area contributed by atoms with E-state index >= 15 is 0 Å². The van der Waals surface area contributed by atoms with Gasteiger partial charge in [0.15, 0.2) is 0 Å². The molecule has 1 N–H and O–H groups in total. The lowest BCUT2D eigenvalue weighted by Crippen LogP contribution is -2.52. The van der Waals surface area contributed by atoms with Gasteiger partial charge in [-0.25, -0.2) is 0 Å². The Morgan fingerprint density at radius 3 is 2.85 bits per heavy atom. The molecule has 0 bridgehead atoms. The Bertz CT molecular complexity index is 640. The second kappa shape index (κ2) is 8.15. The van der Waals surface area contributed by atoms with Crippen LogP contribution in [0.5, 0.6) is 0 Å². The van der Waals surface area contributed by atoms with E-state index < -0.39 is 12.1 Å². The van der Waals surface area contributed by atoms with Gasteiger partial charge in [-0.15, -0.1) is 0 Å². The molecule has 2 aliphatic heterocycles. The Morgan fingerprint density at radius 2 is 2.12 bits per heavy atom. The third-order valence-corrected chi connectivity index (χ3v) is 5.40. The van der Waals surface area contributed by atoms with Crippen LogP contribution in [0, 0.1) is 5.92 Å². The molecule has 2 unspecified atom stereocenters. The topological polar surface area (TPSA) is 35.6 Å². The van der Waals surface area contributed by atoms with Crippen molar-refractivity contribution < 1.29 is 18.0 Å². The summed E-state index contributed by atoms with van der Waals surface area (Å²) >= 11 is 6.08. The van der Waals surface area contributed by atoms with Crippen LogP contribution in [0.3, 0.4) is 0 Å². The number of nitrogens with zero attached hydrogens (tertiary/aromatic N) is 2. The van der Waals surface area contributed by atoms with Crippen LogP contribution in [0.15, 0.2) is 24.3 Å². The summed E-state index contributed by atoms with van der Waals surface area (Å²) in [7, 11) is 0. The van der Waals surface area contributed by atoms with Crippen molar-refractivity contribution in [3.63, 3.8) is 0 Å². The summed E-state index contributed by atoms with van der Waals surface area (Å²) < 4.78 is 39.0. The summed E-state index contributed by atoms with van der Waals surface area (Å²) in [6.45, 7) is 2.40. The molecular weight excluding hydrogens is 367 g/mol. The van der Waals surface area contributed by atoms with Gasteiger partial charge in [0.25, 0.3) is 0 Å². The van der Waals surface area contributed by atoms with E-state index in [1.807, 2.05) is 23.1 Å². The quantitative estimate of drug-likeness (QED) is 0.863. The van der Waals surface area contributed by atoms with Crippen molar-refractivity contribution >= 4 is 17.5 Å². The highest BCUT2D eigenvalue weighted by Gasteiger charge is 2.43. The smallest absolute Gasteiger partial charge is 0.341 e. The molecule has 0 radical (unpaired) electrons. The molecule has 0 aromatic heterocycles. The fraction of sp³-hybridized carbons (Fsp3) is 0.611. The zero-order valence-corrected chi connectivity index (χ0v) is 15.2. The molecule has 1 aromatic rings. The van der Waals surface area contributed by atoms with Gasteiger partial charge in [-0.1, -0.05) is 23.7 Å². The Labute approximate surface area is 156 Å². The monoisotopic (exact) mass is 389 g/mol. The van der Waals surface area contributed by atoms with Gasteiger partial charge in [0, 0.05) is 43.8 Å². The molecule has 2 aliphatic rings. The largest absolute Gasteiger partial charge is 0.393 e. The second-order valence-electron chi connectivity index (χ2n) is 6.97. The zero-order valence-electron chi connectivity index (χ0n) is 14.4. The van der Waals surface area contributed by atoms with Gasteiger partial charge in [0.2, 0.25) is 5.91 Å². The predicted octanol–water partition coefficient (Wildman–Crippen LogP) is 3.09. The number of hydrogen-bond donors (Lipinski definition) is 1. The highest BCUT2D eigenvalue weighted by Crippen LogP contribution is 2.33. The SMILES string of the molecule is O=C(CN1CCNCC1c1cccc(Cl)c1)N1CCCC(C(F)(F)F)C1. The third kappa shape index (κ3) is 4.69. The van der Waals surface area contributed by atoms with E-state index in [0.29, 0.717) is 31.1 Å². The van der Waals surface area contributed by atoms with Crippen LogP contribution >= 0.6 is 11.6 Å². The summed E-state index contributed by atoms with van der Waals surface area (Å²) in [4.78, 5) is 16.1. The number of hydrogen-bond acceptors (Lipinski definition) is 3. The Morgan fingerprint density at radius 1 is 1.31 bits per heavy atom. The Balaban J connectivity index is 1.66. The van der Waals surface area contributed by atoms with Crippen molar-refractivity contribution in [3.8, 4) is 0 Å². The van der Waals surface area contributed by atoms with Crippen LogP contribution in [-0.4, -0.2) is 61.2 Å². The molecule has 2 fully saturated rings. The number of likely N-dealkylation sites (tertiary alicyclic amines) is 1. The van der Waals surface area contributed by atoms with Gasteiger partial charge in [-0.3, -0.25) is 9.69 Å². The molecule has 26 heavy (non-hydrogen) atoms. The number of nitrogens with one attached hydrogen (secondary N) is 1. The summed E-state index contributed by atoms with van der Waals surface area (Å²) in [5.41, 5.74) is 1.00. The maximum absolute atomic E-state index is 13.0. The molecule has 4 nitrogen and oxygen atoms in total. The van der Waals surface area contributed by atoms with Crippen LogP contribution in [0.4, 0.5) is 13.2 Å². The predicted molar refractivity (Wildman–Crippen MR) is 94.0 cm³/mol. The molecule has 2 saturated heterocycles. The first-order valence-corrected chi connectivity index (χ1v) is 9.27. The first-order valence-electron chi connectivity index (χ1n) is 8.89. The van der Waals surface area contributed by atoms with E-state index in [9.17, 15) is 18.0 Å². The van der Waals surface area contributed by atoms with E-state index in [1.54, 1.807) is 6.07 Å². The van der Waals surface area contributed by atoms with Crippen LogP contribution in [0.1, 0.15) is 24.4 Å². The molecule has 1 aromatic carbocycles. The van der Waals surface area contributed by atoms with Gasteiger partial charge in [-0.2, -0.15) is 13.2 Å². The fourth-order valence-electron chi connectivity index (χ4n) is 3.72. The number of alkyl halides is 3. The van der Waals surface area contributed by atoms with Crippen molar-refractivity contribution in [2.75, 3.05) is 39.3 Å². The first-order chi connectivity index (χ1) is 12.3. The van der Waals surface area contributed by atoms with Crippen molar-refractivity contribution in [2.45, 2.75) is 25.1 Å². The number of benzene rings is 1. The minimum Gasteiger partial charge on any atom is -0.341 e. The van der Waals surface area contributed by atoms with Crippen LogP contribution in [0.25, 0.3) is 0 Å². The molecule has 1 amide bonds. The van der Waals surface area contributed by atoms with Crippen LogP contribution in [-0.2, 0) is 4.79 Å². The van der Waals surface area contributed by atoms with Crippen LogP contribution in [0.2, 0.25) is 5.02 Å². The van der Waals surface area contributed by atoms with E-state index in [4.69, 9.17) is 11.6 Å². The lowest BCUT2D eigenvalue weighted by Gasteiger charge is -2.39. The average Bonchev–Trinajstić information content (AvgIpc) is 2.61. The summed E-state index contributed by atoms with van der Waals surface area (Å²) in [5.74, 6) is -1.64. The molecule has 2 atom stereocenters. The Hall–Kier alpha value is -1.31. The second-order valence-corrected chi connectivity index (χ2v) is 7.40. The highest BCUT2D eigenvalue weighted by molar-refractivity contribution is 6.30. The van der Waals surface area contributed by atoms with Crippen molar-refractivity contribution in [1.29, 1.82) is 0 Å². The van der Waals surface area contributed by atoms with Gasteiger partial charge in [0.1, 0.15) is 0 Å². The van der Waals surface area contributed by atoms with Gasteiger partial charge in [-0.05, 0) is 30.5 Å². The summed E-state index contributed by atoms with van der Waals surface area (Å²) in [6.07, 6.45) is -3.74. The fourth-order valence-corrected chi connectivity index (χ4v) is 3.92. The normalized spacial score (nSPS) is 25.3. The lowest BCUT2D eigenvalue weighted by molar-refractivity contribution is -0.188. The minimum absolute atomic E-state index is 0.0189. The maximum Gasteiger partial charge on any atom is 0.393 e. The summed E-state index contributed by atoms with van der Waals surface area (Å²) in [6, 6.07) is 7.47. The van der Waals surface area contributed by atoms with Gasteiger partial charge >= 0.3 is 6.18 Å². The van der Waals surface area contributed by atoms with E-state index in [1.165, 1.54) is 4.90 Å². The molecule has 8 heteroatoms. The number of piperazine rings is 1. The van der Waals surface area contributed by atoms with E-state index in [2.05, 4.69) is 5.32 Å². The highest BCUT2D eigenvalue weighted by atomic mass is 35.5. The van der Waals surface area contributed by atoms with E-state index in [-0.39, 0.29) is 31.5 Å². The number of carbonyl (C=O) groups excluding carboxylic acids is 1. The number of amides is 1. The summed E-state index contributed by atoms with van der Waals surface area (Å²) in [5, 5.41) is 3.93. The van der Waals surface area contributed by atoms with Gasteiger partial charge < -0.3 is 10.2 Å². The molecule has 0 saturated carbocycles. The Kier molecular flexibility index (Phi) is 6.10. The van der Waals surface area contributed by atoms with Crippen molar-refractivity contribution in [3.05, 3.63) is 34.9 Å². The molecule has 0 aliphatic carbocycles. The van der Waals surface area contributed by atoms with Crippen molar-refractivity contribution in [2.24, 2.45) is 5.92 Å². The molecule has 0 spiro atoms. The number of piperidine rings is 1. The average molecular weight is 390 g/mol. The number of halogens is 4. The molecule has 144 valence electrons. The van der Waals surface area contributed by atoms with Crippen LogP contribution < -0.4 is 5.32 Å². The van der Waals surface area contributed by atoms with Gasteiger partial charge in [0.05, 0.1) is 12.5 Å². The zero-order chi connectivity index (χ0) is 18.7. The molecule has 3 rings (SSSR count). The maximum atomic E-state index is 13.0.